The molecule has 0 aromatic rings. The number of hydrogen-bond donors (Lipinski definition) is 1. The molecule has 2 atom stereocenters. The highest BCUT2D eigenvalue weighted by atomic mass is 32.2. The molecular formula is C12H23NOS. The third-order valence-corrected chi connectivity index (χ3v) is 4.92. The van der Waals surface area contributed by atoms with E-state index in [4.69, 9.17) is 0 Å². The highest BCUT2D eigenvalue weighted by Gasteiger charge is 2.34. The molecule has 15 heavy (non-hydrogen) atoms. The second-order valence-corrected chi connectivity index (χ2v) is 7.30. The van der Waals surface area contributed by atoms with Crippen molar-refractivity contribution in [1.29, 1.82) is 0 Å². The van der Waals surface area contributed by atoms with Gasteiger partial charge in [-0.1, -0.05) is 12.8 Å². The average molecular weight is 229 g/mol. The van der Waals surface area contributed by atoms with Crippen molar-refractivity contribution >= 4 is 11.8 Å². The lowest BCUT2D eigenvalue weighted by Gasteiger charge is -2.44. The van der Waals surface area contributed by atoms with Gasteiger partial charge >= 0.3 is 0 Å². The van der Waals surface area contributed by atoms with Crippen LogP contribution in [-0.2, 0) is 0 Å². The molecule has 0 aromatic carbocycles. The molecular weight excluding hydrogens is 206 g/mol. The Morgan fingerprint density at radius 3 is 2.67 bits per heavy atom. The van der Waals surface area contributed by atoms with Crippen LogP contribution in [0.2, 0.25) is 0 Å². The van der Waals surface area contributed by atoms with Gasteiger partial charge in [0.15, 0.2) is 0 Å². The average Bonchev–Trinajstić information content (AvgIpc) is 2.17. The molecule has 88 valence electrons. The van der Waals surface area contributed by atoms with Crippen LogP contribution >= 0.6 is 11.8 Å². The van der Waals surface area contributed by atoms with Crippen molar-refractivity contribution in [2.75, 3.05) is 18.8 Å². The maximum Gasteiger partial charge on any atom is 0.0695 e. The van der Waals surface area contributed by atoms with Crippen LogP contribution in [0.3, 0.4) is 0 Å². The lowest BCUT2D eigenvalue weighted by atomic mass is 9.91. The first-order valence-electron chi connectivity index (χ1n) is 6.15. The second kappa shape index (κ2) is 4.64. The van der Waals surface area contributed by atoms with Crippen molar-refractivity contribution in [3.8, 4) is 0 Å². The van der Waals surface area contributed by atoms with Gasteiger partial charge in [-0.15, -0.1) is 0 Å². The van der Waals surface area contributed by atoms with Gasteiger partial charge in [0.25, 0.3) is 0 Å². The molecule has 2 rings (SSSR count). The predicted molar refractivity (Wildman–Crippen MR) is 66.4 cm³/mol. The van der Waals surface area contributed by atoms with Gasteiger partial charge in [-0.05, 0) is 26.7 Å². The number of thioether (sulfide) groups is 1. The van der Waals surface area contributed by atoms with Crippen LogP contribution in [0.15, 0.2) is 0 Å². The molecule has 0 aromatic heterocycles. The van der Waals surface area contributed by atoms with Gasteiger partial charge in [0, 0.05) is 29.6 Å². The molecule has 1 saturated carbocycles. The fraction of sp³-hybridized carbons (Fsp3) is 1.00. The van der Waals surface area contributed by atoms with Crippen molar-refractivity contribution in [1.82, 2.24) is 4.90 Å². The maximum absolute atomic E-state index is 10.0. The number of nitrogens with zero attached hydrogens (tertiary/aromatic N) is 1. The van der Waals surface area contributed by atoms with Gasteiger partial charge in [0.1, 0.15) is 0 Å². The topological polar surface area (TPSA) is 23.5 Å². The van der Waals surface area contributed by atoms with Gasteiger partial charge in [0.2, 0.25) is 0 Å². The van der Waals surface area contributed by atoms with Gasteiger partial charge in [-0.2, -0.15) is 11.8 Å². The molecule has 3 heteroatoms. The monoisotopic (exact) mass is 229 g/mol. The fourth-order valence-electron chi connectivity index (χ4n) is 2.85. The van der Waals surface area contributed by atoms with Crippen molar-refractivity contribution in [2.45, 2.75) is 56.4 Å². The molecule has 0 bridgehead atoms. The van der Waals surface area contributed by atoms with Crippen LogP contribution in [0.4, 0.5) is 0 Å². The fourth-order valence-corrected chi connectivity index (χ4v) is 3.99. The van der Waals surface area contributed by atoms with E-state index in [1.807, 2.05) is 0 Å². The van der Waals surface area contributed by atoms with Crippen molar-refractivity contribution in [2.24, 2.45) is 0 Å². The summed E-state index contributed by atoms with van der Waals surface area (Å²) in [6, 6.07) is 0.443. The molecule has 1 saturated heterocycles. The predicted octanol–water partition coefficient (Wildman–Crippen LogP) is 2.12. The molecule has 0 spiro atoms. The normalized spacial score (nSPS) is 37.8. The van der Waals surface area contributed by atoms with E-state index < -0.39 is 0 Å². The van der Waals surface area contributed by atoms with Crippen LogP contribution in [0.25, 0.3) is 0 Å². The minimum Gasteiger partial charge on any atom is -0.391 e. The van der Waals surface area contributed by atoms with Gasteiger partial charge < -0.3 is 5.11 Å². The molecule has 0 amide bonds. The molecule has 2 aliphatic rings. The molecule has 1 N–H and O–H groups in total. The number of hydrogen-bond acceptors (Lipinski definition) is 3. The van der Waals surface area contributed by atoms with E-state index in [2.05, 4.69) is 30.5 Å². The molecule has 1 aliphatic carbocycles. The van der Waals surface area contributed by atoms with Crippen molar-refractivity contribution in [3.63, 3.8) is 0 Å². The van der Waals surface area contributed by atoms with Gasteiger partial charge in [-0.3, -0.25) is 4.90 Å². The van der Waals surface area contributed by atoms with Crippen LogP contribution in [0, 0.1) is 0 Å². The van der Waals surface area contributed by atoms with E-state index in [1.54, 1.807) is 0 Å². The summed E-state index contributed by atoms with van der Waals surface area (Å²) in [7, 11) is 0. The lowest BCUT2D eigenvalue weighted by molar-refractivity contribution is 0.0178. The first-order chi connectivity index (χ1) is 7.08. The zero-order valence-electron chi connectivity index (χ0n) is 9.91. The number of rotatable bonds is 1. The Hall–Kier alpha value is 0.270. The number of aliphatic hydroxyl groups excluding tert-OH is 1. The molecule has 1 heterocycles. The van der Waals surface area contributed by atoms with E-state index in [0.29, 0.717) is 10.8 Å². The summed E-state index contributed by atoms with van der Waals surface area (Å²) in [4.78, 5) is 2.53. The zero-order valence-corrected chi connectivity index (χ0v) is 10.7. The highest BCUT2D eigenvalue weighted by molar-refractivity contribution is 8.00. The number of aliphatic hydroxyl groups is 1. The summed E-state index contributed by atoms with van der Waals surface area (Å²) < 4.78 is 0.370. The van der Waals surface area contributed by atoms with Crippen LogP contribution in [0.5, 0.6) is 0 Å². The Morgan fingerprint density at radius 1 is 1.27 bits per heavy atom. The molecule has 2 unspecified atom stereocenters. The van der Waals surface area contributed by atoms with Crippen LogP contribution in [-0.4, -0.2) is 45.7 Å². The Bertz CT molecular complexity index is 220. The third kappa shape index (κ3) is 2.89. The molecule has 2 nitrogen and oxygen atoms in total. The van der Waals surface area contributed by atoms with E-state index >= 15 is 0 Å². The molecule has 0 radical (unpaired) electrons. The smallest absolute Gasteiger partial charge is 0.0695 e. The Labute approximate surface area is 97.4 Å². The van der Waals surface area contributed by atoms with Gasteiger partial charge in [-0.25, -0.2) is 0 Å². The molecule has 1 aliphatic heterocycles. The van der Waals surface area contributed by atoms with E-state index in [1.165, 1.54) is 25.0 Å². The Balaban J connectivity index is 1.96. The van der Waals surface area contributed by atoms with Crippen LogP contribution < -0.4 is 0 Å². The minimum absolute atomic E-state index is 0.0716. The third-order valence-electron chi connectivity index (χ3n) is 3.62. The summed E-state index contributed by atoms with van der Waals surface area (Å²) >= 11 is 2.07. The summed E-state index contributed by atoms with van der Waals surface area (Å²) in [5.41, 5.74) is 0. The summed E-state index contributed by atoms with van der Waals surface area (Å²) in [6.45, 7) is 6.94. The first kappa shape index (κ1) is 11.7. The molecule has 2 fully saturated rings. The second-order valence-electron chi connectivity index (χ2n) is 5.50. The Kier molecular flexibility index (Phi) is 3.63. The highest BCUT2D eigenvalue weighted by Crippen LogP contribution is 2.33. The summed E-state index contributed by atoms with van der Waals surface area (Å²) in [5.74, 6) is 1.22. The van der Waals surface area contributed by atoms with Gasteiger partial charge in [0.05, 0.1) is 6.10 Å². The standard InChI is InChI=1S/C12H23NOS/c1-12(2)9-13(7-8-15-12)10-5-3-4-6-11(10)14/h10-11,14H,3-9H2,1-2H3. The quantitative estimate of drug-likeness (QED) is 0.745. The largest absolute Gasteiger partial charge is 0.391 e. The Morgan fingerprint density at radius 2 is 2.00 bits per heavy atom. The van der Waals surface area contributed by atoms with E-state index in [-0.39, 0.29) is 6.10 Å². The summed E-state index contributed by atoms with van der Waals surface area (Å²) in [6.07, 6.45) is 4.64. The minimum atomic E-state index is -0.0716. The van der Waals surface area contributed by atoms with Crippen molar-refractivity contribution in [3.05, 3.63) is 0 Å². The van der Waals surface area contributed by atoms with E-state index in [9.17, 15) is 5.11 Å². The maximum atomic E-state index is 10.0. The van der Waals surface area contributed by atoms with E-state index in [0.717, 1.165) is 19.5 Å². The SMILES string of the molecule is CC1(C)CN(C2CCCCC2O)CCS1. The van der Waals surface area contributed by atoms with Crippen molar-refractivity contribution < 1.29 is 5.11 Å². The lowest BCUT2D eigenvalue weighted by Crippen LogP contribution is -2.53. The zero-order chi connectivity index (χ0) is 10.9. The first-order valence-corrected chi connectivity index (χ1v) is 7.13. The summed E-state index contributed by atoms with van der Waals surface area (Å²) in [5, 5.41) is 10.0. The van der Waals surface area contributed by atoms with Crippen LogP contribution in [0.1, 0.15) is 39.5 Å².